The molecule has 1 amide bonds. The van der Waals surface area contributed by atoms with Gasteiger partial charge in [-0.1, -0.05) is 19.1 Å². The predicted octanol–water partition coefficient (Wildman–Crippen LogP) is 2.84. The van der Waals surface area contributed by atoms with Crippen molar-refractivity contribution in [1.82, 2.24) is 10.6 Å². The van der Waals surface area contributed by atoms with E-state index in [1.54, 1.807) is 0 Å². The first-order chi connectivity index (χ1) is 9.29. The number of rotatable bonds is 5. The molecule has 1 heterocycles. The molecule has 0 atom stereocenters. The predicted molar refractivity (Wildman–Crippen MR) is 88.9 cm³/mol. The van der Waals surface area contributed by atoms with Gasteiger partial charge in [-0.2, -0.15) is 11.8 Å². The molecule has 5 heteroatoms. The van der Waals surface area contributed by atoms with E-state index >= 15 is 0 Å². The molecular weight excluding hydrogens is 292 g/mol. The van der Waals surface area contributed by atoms with Crippen LogP contribution in [-0.2, 0) is 5.75 Å². The first kappa shape index (κ1) is 17.3. The third-order valence-corrected chi connectivity index (χ3v) is 4.31. The Morgan fingerprint density at radius 3 is 2.55 bits per heavy atom. The van der Waals surface area contributed by atoms with Crippen LogP contribution in [0.2, 0.25) is 0 Å². The van der Waals surface area contributed by atoms with Crippen LogP contribution in [0.15, 0.2) is 24.3 Å². The molecule has 0 bridgehead atoms. The number of amides is 1. The van der Waals surface area contributed by atoms with Crippen molar-refractivity contribution in [3.63, 3.8) is 0 Å². The van der Waals surface area contributed by atoms with Crippen molar-refractivity contribution in [1.29, 1.82) is 0 Å². The summed E-state index contributed by atoms with van der Waals surface area (Å²) in [7, 11) is 0. The Labute approximate surface area is 131 Å². The molecule has 1 fully saturated rings. The Balaban J connectivity index is 0.00000200. The molecule has 20 heavy (non-hydrogen) atoms. The summed E-state index contributed by atoms with van der Waals surface area (Å²) in [5, 5.41) is 6.41. The number of thioether (sulfide) groups is 1. The normalized spacial score (nSPS) is 15.4. The molecule has 0 aromatic heterocycles. The van der Waals surface area contributed by atoms with Crippen LogP contribution in [0.1, 0.15) is 35.7 Å². The maximum absolute atomic E-state index is 12.1. The van der Waals surface area contributed by atoms with Crippen molar-refractivity contribution >= 4 is 30.1 Å². The maximum atomic E-state index is 12.1. The first-order valence-corrected chi connectivity index (χ1v) is 8.13. The van der Waals surface area contributed by atoms with Crippen LogP contribution in [0.3, 0.4) is 0 Å². The van der Waals surface area contributed by atoms with E-state index in [9.17, 15) is 4.79 Å². The number of piperidine rings is 1. The fourth-order valence-corrected chi connectivity index (χ4v) is 2.84. The average Bonchev–Trinajstić information content (AvgIpc) is 2.46. The summed E-state index contributed by atoms with van der Waals surface area (Å²) in [6.45, 7) is 4.15. The quantitative estimate of drug-likeness (QED) is 0.878. The largest absolute Gasteiger partial charge is 0.349 e. The van der Waals surface area contributed by atoms with Gasteiger partial charge in [-0.3, -0.25) is 4.79 Å². The van der Waals surface area contributed by atoms with E-state index in [0.717, 1.165) is 43.0 Å². The van der Waals surface area contributed by atoms with Gasteiger partial charge in [0.25, 0.3) is 5.91 Å². The van der Waals surface area contributed by atoms with Crippen LogP contribution in [0.5, 0.6) is 0 Å². The third kappa shape index (κ3) is 5.35. The zero-order valence-electron chi connectivity index (χ0n) is 11.9. The smallest absolute Gasteiger partial charge is 0.251 e. The summed E-state index contributed by atoms with van der Waals surface area (Å²) < 4.78 is 0. The van der Waals surface area contributed by atoms with Crippen molar-refractivity contribution in [3.05, 3.63) is 35.4 Å². The lowest BCUT2D eigenvalue weighted by Crippen LogP contribution is -2.42. The van der Waals surface area contributed by atoms with Gasteiger partial charge in [-0.25, -0.2) is 0 Å². The van der Waals surface area contributed by atoms with E-state index in [1.807, 2.05) is 23.9 Å². The van der Waals surface area contributed by atoms with Crippen molar-refractivity contribution in [2.45, 2.75) is 31.6 Å². The molecule has 2 N–H and O–H groups in total. The molecule has 1 aliphatic heterocycles. The van der Waals surface area contributed by atoms with Crippen molar-refractivity contribution in [3.8, 4) is 0 Å². The highest BCUT2D eigenvalue weighted by molar-refractivity contribution is 7.98. The molecule has 1 aliphatic rings. The standard InChI is InChI=1S/C15H22N2OS.ClH/c1-2-19-11-12-3-5-13(6-4-12)15(18)17-14-7-9-16-10-8-14;/h3-6,14,16H,2,7-11H2,1H3,(H,17,18);1H. The van der Waals surface area contributed by atoms with Crippen LogP contribution in [0, 0.1) is 0 Å². The van der Waals surface area contributed by atoms with E-state index in [0.29, 0.717) is 6.04 Å². The summed E-state index contributed by atoms with van der Waals surface area (Å²) in [6, 6.07) is 8.30. The highest BCUT2D eigenvalue weighted by atomic mass is 35.5. The maximum Gasteiger partial charge on any atom is 0.251 e. The third-order valence-electron chi connectivity index (χ3n) is 3.36. The Morgan fingerprint density at radius 1 is 1.30 bits per heavy atom. The second-order valence-corrected chi connectivity index (χ2v) is 6.11. The number of benzene rings is 1. The molecule has 1 saturated heterocycles. The lowest BCUT2D eigenvalue weighted by molar-refractivity contribution is 0.0929. The van der Waals surface area contributed by atoms with Gasteiger partial charge >= 0.3 is 0 Å². The Hall–Kier alpha value is -0.710. The van der Waals surface area contributed by atoms with Gasteiger partial charge in [0, 0.05) is 17.4 Å². The zero-order valence-corrected chi connectivity index (χ0v) is 13.5. The van der Waals surface area contributed by atoms with Gasteiger partial charge in [0.05, 0.1) is 0 Å². The fourth-order valence-electron chi connectivity index (χ4n) is 2.21. The molecule has 2 rings (SSSR count). The van der Waals surface area contributed by atoms with Gasteiger partial charge in [-0.15, -0.1) is 12.4 Å². The molecule has 0 aliphatic carbocycles. The molecule has 0 saturated carbocycles. The highest BCUT2D eigenvalue weighted by Crippen LogP contribution is 2.13. The molecule has 112 valence electrons. The van der Waals surface area contributed by atoms with Crippen molar-refractivity contribution in [2.75, 3.05) is 18.8 Å². The number of hydrogen-bond acceptors (Lipinski definition) is 3. The molecule has 3 nitrogen and oxygen atoms in total. The van der Waals surface area contributed by atoms with Gasteiger partial charge in [0.1, 0.15) is 0 Å². The second-order valence-electron chi connectivity index (χ2n) is 4.83. The SMILES string of the molecule is CCSCc1ccc(C(=O)NC2CCNCC2)cc1.Cl. The number of halogens is 1. The Kier molecular flexibility index (Phi) is 8.04. The minimum Gasteiger partial charge on any atom is -0.349 e. The van der Waals surface area contributed by atoms with Crippen molar-refractivity contribution < 1.29 is 4.79 Å². The van der Waals surface area contributed by atoms with Crippen molar-refractivity contribution in [2.24, 2.45) is 0 Å². The lowest BCUT2D eigenvalue weighted by atomic mass is 10.1. The fraction of sp³-hybridized carbons (Fsp3) is 0.533. The lowest BCUT2D eigenvalue weighted by Gasteiger charge is -2.23. The van der Waals surface area contributed by atoms with Gasteiger partial charge in [0.2, 0.25) is 0 Å². The van der Waals surface area contributed by atoms with E-state index in [-0.39, 0.29) is 18.3 Å². The topological polar surface area (TPSA) is 41.1 Å². The van der Waals surface area contributed by atoms with Crippen LogP contribution in [-0.4, -0.2) is 30.8 Å². The Morgan fingerprint density at radius 2 is 1.95 bits per heavy atom. The van der Waals surface area contributed by atoms with E-state index in [4.69, 9.17) is 0 Å². The van der Waals surface area contributed by atoms with Gasteiger partial charge in [-0.05, 0) is 49.4 Å². The molecule has 0 spiro atoms. The highest BCUT2D eigenvalue weighted by Gasteiger charge is 2.16. The molecule has 0 radical (unpaired) electrons. The zero-order chi connectivity index (χ0) is 13.5. The number of hydrogen-bond donors (Lipinski definition) is 2. The average molecular weight is 315 g/mol. The molecular formula is C15H23ClN2OS. The first-order valence-electron chi connectivity index (χ1n) is 6.98. The van der Waals surface area contributed by atoms with E-state index < -0.39 is 0 Å². The molecule has 0 unspecified atom stereocenters. The Bertz CT molecular complexity index is 405. The summed E-state index contributed by atoms with van der Waals surface area (Å²) in [5.74, 6) is 2.20. The summed E-state index contributed by atoms with van der Waals surface area (Å²) in [5.41, 5.74) is 2.05. The summed E-state index contributed by atoms with van der Waals surface area (Å²) in [4.78, 5) is 12.1. The monoisotopic (exact) mass is 314 g/mol. The molecule has 1 aromatic carbocycles. The summed E-state index contributed by atoms with van der Waals surface area (Å²) >= 11 is 1.90. The number of carbonyl (C=O) groups is 1. The van der Waals surface area contributed by atoms with E-state index in [1.165, 1.54) is 5.56 Å². The van der Waals surface area contributed by atoms with E-state index in [2.05, 4.69) is 29.7 Å². The van der Waals surface area contributed by atoms with Crippen LogP contribution in [0.4, 0.5) is 0 Å². The van der Waals surface area contributed by atoms with Crippen LogP contribution in [0.25, 0.3) is 0 Å². The second kappa shape index (κ2) is 9.27. The minimum atomic E-state index is 0. The van der Waals surface area contributed by atoms with Crippen LogP contribution >= 0.6 is 24.2 Å². The number of carbonyl (C=O) groups excluding carboxylic acids is 1. The number of nitrogens with one attached hydrogen (secondary N) is 2. The minimum absolute atomic E-state index is 0. The summed E-state index contributed by atoms with van der Waals surface area (Å²) in [6.07, 6.45) is 2.05. The van der Waals surface area contributed by atoms with Gasteiger partial charge in [0.15, 0.2) is 0 Å². The molecule has 1 aromatic rings. The van der Waals surface area contributed by atoms with Crippen LogP contribution < -0.4 is 10.6 Å². The van der Waals surface area contributed by atoms with Gasteiger partial charge < -0.3 is 10.6 Å².